The minimum Gasteiger partial charge on any atom is -0.337 e. The first-order valence-corrected chi connectivity index (χ1v) is 11.7. The highest BCUT2D eigenvalue weighted by molar-refractivity contribution is 8.06. The number of piperidine rings is 1. The molecule has 1 saturated heterocycles. The summed E-state index contributed by atoms with van der Waals surface area (Å²) in [7, 11) is 0. The first-order chi connectivity index (χ1) is 13.4. The minimum absolute atomic E-state index is 0.00471. The fourth-order valence-electron chi connectivity index (χ4n) is 4.89. The summed E-state index contributed by atoms with van der Waals surface area (Å²) < 4.78 is 0.729. The Kier molecular flexibility index (Phi) is 5.88. The van der Waals surface area contributed by atoms with E-state index in [2.05, 4.69) is 36.6 Å². The van der Waals surface area contributed by atoms with Crippen LogP contribution in [-0.2, 0) is 4.79 Å². The molecule has 0 aromatic heterocycles. The number of halogens is 2. The molecule has 28 heavy (non-hydrogen) atoms. The van der Waals surface area contributed by atoms with Crippen LogP contribution in [0.3, 0.4) is 0 Å². The average Bonchev–Trinajstić information content (AvgIpc) is 3.40. The molecule has 1 aromatic rings. The van der Waals surface area contributed by atoms with Crippen LogP contribution < -0.4 is 0 Å². The van der Waals surface area contributed by atoms with Gasteiger partial charge < -0.3 is 4.90 Å². The Bertz CT molecular complexity index is 806. The van der Waals surface area contributed by atoms with Crippen molar-refractivity contribution in [2.45, 2.75) is 55.7 Å². The lowest BCUT2D eigenvalue weighted by atomic mass is 9.72. The molecule has 1 saturated carbocycles. The van der Waals surface area contributed by atoms with Crippen molar-refractivity contribution in [1.29, 1.82) is 0 Å². The van der Waals surface area contributed by atoms with Crippen LogP contribution in [0.4, 0.5) is 0 Å². The molecule has 0 bridgehead atoms. The van der Waals surface area contributed by atoms with Crippen molar-refractivity contribution in [3.8, 4) is 0 Å². The van der Waals surface area contributed by atoms with Gasteiger partial charge in [0.25, 0.3) is 0 Å². The van der Waals surface area contributed by atoms with Gasteiger partial charge in [0.1, 0.15) is 0 Å². The van der Waals surface area contributed by atoms with E-state index in [1.54, 1.807) is 11.8 Å². The largest absolute Gasteiger partial charge is 0.337 e. The minimum atomic E-state index is -0.117. The van der Waals surface area contributed by atoms with Gasteiger partial charge in [0.2, 0.25) is 5.91 Å². The number of benzene rings is 1. The zero-order valence-corrected chi connectivity index (χ0v) is 18.6. The van der Waals surface area contributed by atoms with Crippen molar-refractivity contribution in [3.05, 3.63) is 57.9 Å². The number of hydrogen-bond acceptors (Lipinski definition) is 2. The smallest absolute Gasteiger partial charge is 0.226 e. The maximum Gasteiger partial charge on any atom is 0.226 e. The Morgan fingerprint density at radius 3 is 2.75 bits per heavy atom. The number of amides is 1. The monoisotopic (exact) mass is 435 g/mol. The van der Waals surface area contributed by atoms with Crippen LogP contribution in [0.2, 0.25) is 5.02 Å². The zero-order chi connectivity index (χ0) is 19.9. The second-order valence-electron chi connectivity index (χ2n) is 8.62. The Morgan fingerprint density at radius 2 is 2.14 bits per heavy atom. The first kappa shape index (κ1) is 20.4. The molecule has 2 nitrogen and oxygen atoms in total. The molecule has 2 fully saturated rings. The molecule has 1 amide bonds. The molecule has 2 aliphatic heterocycles. The lowest BCUT2D eigenvalue weighted by Gasteiger charge is -2.51. The molecule has 4 rings (SSSR count). The van der Waals surface area contributed by atoms with Crippen molar-refractivity contribution < 1.29 is 4.79 Å². The third-order valence-corrected chi connectivity index (χ3v) is 8.25. The van der Waals surface area contributed by atoms with Gasteiger partial charge in [-0.15, -0.1) is 18.3 Å². The molecule has 0 spiro atoms. The first-order valence-electron chi connectivity index (χ1n) is 10.1. The van der Waals surface area contributed by atoms with Gasteiger partial charge in [0.15, 0.2) is 0 Å². The van der Waals surface area contributed by atoms with E-state index in [0.29, 0.717) is 11.8 Å². The highest BCUT2D eigenvalue weighted by Crippen LogP contribution is 2.54. The van der Waals surface area contributed by atoms with Gasteiger partial charge >= 0.3 is 0 Å². The molecule has 5 heteroatoms. The van der Waals surface area contributed by atoms with Crippen LogP contribution >= 0.6 is 35.0 Å². The topological polar surface area (TPSA) is 20.3 Å². The summed E-state index contributed by atoms with van der Waals surface area (Å²) in [5.74, 6) is 1.18. The van der Waals surface area contributed by atoms with Gasteiger partial charge in [0.05, 0.1) is 10.4 Å². The fourth-order valence-corrected chi connectivity index (χ4v) is 6.88. The lowest BCUT2D eigenvalue weighted by molar-refractivity contribution is -0.144. The third-order valence-electron chi connectivity index (χ3n) is 6.39. The highest BCUT2D eigenvalue weighted by Gasteiger charge is 2.52. The summed E-state index contributed by atoms with van der Waals surface area (Å²) in [5, 5.41) is 0.752. The Labute approximate surface area is 182 Å². The predicted octanol–water partition coefficient (Wildman–Crippen LogP) is 6.60. The van der Waals surface area contributed by atoms with E-state index in [9.17, 15) is 4.79 Å². The molecule has 1 aliphatic carbocycles. The van der Waals surface area contributed by atoms with E-state index in [1.165, 1.54) is 18.4 Å². The predicted molar refractivity (Wildman–Crippen MR) is 120 cm³/mol. The van der Waals surface area contributed by atoms with E-state index in [1.807, 2.05) is 18.2 Å². The van der Waals surface area contributed by atoms with Crippen molar-refractivity contribution in [2.24, 2.45) is 11.8 Å². The number of hydrogen-bond donors (Lipinski definition) is 0. The maximum atomic E-state index is 13.5. The molecule has 0 N–H and O–H groups in total. The van der Waals surface area contributed by atoms with E-state index in [-0.39, 0.29) is 22.6 Å². The van der Waals surface area contributed by atoms with Gasteiger partial charge in [0, 0.05) is 28.2 Å². The normalized spacial score (nSPS) is 33.1. The summed E-state index contributed by atoms with van der Waals surface area (Å²) in [6.45, 7) is 7.03. The van der Waals surface area contributed by atoms with Crippen LogP contribution in [0.5, 0.6) is 0 Å². The van der Waals surface area contributed by atoms with Gasteiger partial charge in [-0.3, -0.25) is 4.79 Å². The van der Waals surface area contributed by atoms with E-state index in [0.717, 1.165) is 35.2 Å². The molecule has 4 atom stereocenters. The molecule has 2 heterocycles. The number of thioether (sulfide) groups is 1. The van der Waals surface area contributed by atoms with Crippen LogP contribution in [0.25, 0.3) is 0 Å². The average molecular weight is 436 g/mol. The number of carbonyl (C=O) groups is 1. The van der Waals surface area contributed by atoms with Gasteiger partial charge in [-0.2, -0.15) is 0 Å². The van der Waals surface area contributed by atoms with Crippen LogP contribution in [-0.4, -0.2) is 28.1 Å². The number of likely N-dealkylation sites (tertiary alicyclic amines) is 1. The van der Waals surface area contributed by atoms with Crippen LogP contribution in [0, 0.1) is 11.8 Å². The van der Waals surface area contributed by atoms with Gasteiger partial charge in [-0.05, 0) is 62.6 Å². The maximum absolute atomic E-state index is 13.5. The molecule has 3 aliphatic rings. The molecular formula is C23H27Cl2NOS. The number of nitrogens with zero attached hydrogens (tertiary/aromatic N) is 1. The second-order valence-corrected chi connectivity index (χ2v) is 11.3. The van der Waals surface area contributed by atoms with Crippen LogP contribution in [0.1, 0.15) is 50.5 Å². The number of rotatable bonds is 6. The van der Waals surface area contributed by atoms with Crippen LogP contribution in [0.15, 0.2) is 47.4 Å². The Balaban J connectivity index is 1.76. The van der Waals surface area contributed by atoms with E-state index < -0.39 is 0 Å². The summed E-state index contributed by atoms with van der Waals surface area (Å²) in [4.78, 5) is 15.7. The molecule has 4 unspecified atom stereocenters. The molecular weight excluding hydrogens is 409 g/mol. The number of carbonyl (C=O) groups excluding carboxylic acids is 1. The van der Waals surface area contributed by atoms with Gasteiger partial charge in [-0.25, -0.2) is 0 Å². The standard InChI is InChI=1S/C23H27Cl2NOS/c1-3-5-17-13-19(16-6-4-7-18(24)12-16)21(23(2)11-10-20(25)28-23)26(22(17)27)14-15-8-9-15/h3-4,6-7,10,12,15,17,19,21H,1,5,8-9,11,13-14H2,2H3. The Morgan fingerprint density at radius 1 is 1.36 bits per heavy atom. The highest BCUT2D eigenvalue weighted by atomic mass is 35.5. The second kappa shape index (κ2) is 8.08. The quantitative estimate of drug-likeness (QED) is 0.468. The lowest BCUT2D eigenvalue weighted by Crippen LogP contribution is -2.59. The SMILES string of the molecule is C=CCC1CC(c2cccc(Cl)c2)C(C2(C)CC=C(Cl)S2)N(CC2CC2)C1=O. The number of allylic oxidation sites excluding steroid dienone is 2. The fraction of sp³-hybridized carbons (Fsp3) is 0.522. The van der Waals surface area contributed by atoms with Crippen molar-refractivity contribution in [1.82, 2.24) is 4.90 Å². The summed E-state index contributed by atoms with van der Waals surface area (Å²) in [6, 6.07) is 8.29. The third kappa shape index (κ3) is 4.04. The van der Waals surface area contributed by atoms with Crippen molar-refractivity contribution in [2.75, 3.05) is 6.54 Å². The summed E-state index contributed by atoms with van der Waals surface area (Å²) in [5.41, 5.74) is 1.23. The summed E-state index contributed by atoms with van der Waals surface area (Å²) >= 11 is 14.5. The van der Waals surface area contributed by atoms with Crippen molar-refractivity contribution >= 4 is 40.9 Å². The zero-order valence-electron chi connectivity index (χ0n) is 16.2. The Hall–Kier alpha value is -0.900. The van der Waals surface area contributed by atoms with Gasteiger partial charge in [-0.1, -0.05) is 47.5 Å². The van der Waals surface area contributed by atoms with E-state index >= 15 is 0 Å². The molecule has 0 radical (unpaired) electrons. The van der Waals surface area contributed by atoms with E-state index in [4.69, 9.17) is 23.2 Å². The molecule has 1 aromatic carbocycles. The molecule has 150 valence electrons. The van der Waals surface area contributed by atoms with Crippen molar-refractivity contribution in [3.63, 3.8) is 0 Å². The summed E-state index contributed by atoms with van der Waals surface area (Å²) in [6.07, 6.45) is 8.91.